The van der Waals surface area contributed by atoms with Gasteiger partial charge in [0, 0.05) is 31.0 Å². The minimum Gasteiger partial charge on any atom is -0.483 e. The Kier molecular flexibility index (Phi) is 7.01. The van der Waals surface area contributed by atoms with Crippen LogP contribution in [-0.4, -0.2) is 43.3 Å². The first-order chi connectivity index (χ1) is 14.9. The number of rotatable bonds is 7. The summed E-state index contributed by atoms with van der Waals surface area (Å²) in [6, 6.07) is 22.4. The molecule has 0 saturated carbocycles. The van der Waals surface area contributed by atoms with Crippen LogP contribution < -0.4 is 15.4 Å². The highest BCUT2D eigenvalue weighted by Crippen LogP contribution is 2.20. The lowest BCUT2D eigenvalue weighted by molar-refractivity contribution is -0.118. The first-order valence-electron chi connectivity index (χ1n) is 9.64. The maximum absolute atomic E-state index is 12.6. The maximum atomic E-state index is 12.6. The second-order valence-corrected chi connectivity index (χ2v) is 6.93. The molecule has 0 aliphatic rings. The molecule has 0 aliphatic heterocycles. The summed E-state index contributed by atoms with van der Waals surface area (Å²) in [5.74, 6) is -0.530. The van der Waals surface area contributed by atoms with Crippen LogP contribution >= 0.6 is 0 Å². The zero-order valence-electron chi connectivity index (χ0n) is 17.3. The maximum Gasteiger partial charge on any atom is 0.262 e. The van der Waals surface area contributed by atoms with Crippen LogP contribution in [0.25, 0.3) is 0 Å². The molecule has 3 rings (SSSR count). The van der Waals surface area contributed by atoms with Crippen LogP contribution in [0, 0.1) is 0 Å². The van der Waals surface area contributed by atoms with E-state index in [-0.39, 0.29) is 24.3 Å². The van der Waals surface area contributed by atoms with E-state index in [4.69, 9.17) is 4.74 Å². The Morgan fingerprint density at radius 1 is 0.774 bits per heavy atom. The number of benzene rings is 3. The minimum absolute atomic E-state index is 0.119. The summed E-state index contributed by atoms with van der Waals surface area (Å²) < 4.78 is 5.59. The van der Waals surface area contributed by atoms with Crippen molar-refractivity contribution in [2.24, 2.45) is 0 Å². The van der Waals surface area contributed by atoms with Crippen molar-refractivity contribution < 1.29 is 19.1 Å². The molecule has 158 valence electrons. The second-order valence-electron chi connectivity index (χ2n) is 6.93. The van der Waals surface area contributed by atoms with Gasteiger partial charge in [0.15, 0.2) is 6.61 Å². The van der Waals surface area contributed by atoms with E-state index < -0.39 is 0 Å². The van der Waals surface area contributed by atoms with E-state index in [2.05, 4.69) is 10.6 Å². The lowest BCUT2D eigenvalue weighted by Crippen LogP contribution is -2.22. The Bertz CT molecular complexity index is 1060. The smallest absolute Gasteiger partial charge is 0.262 e. The Labute approximate surface area is 180 Å². The zero-order chi connectivity index (χ0) is 22.2. The molecule has 0 unspecified atom stereocenters. The van der Waals surface area contributed by atoms with Gasteiger partial charge in [-0.05, 0) is 48.5 Å². The van der Waals surface area contributed by atoms with Gasteiger partial charge >= 0.3 is 0 Å². The topological polar surface area (TPSA) is 87.7 Å². The lowest BCUT2D eigenvalue weighted by Gasteiger charge is -2.13. The molecule has 0 spiro atoms. The number of carbonyl (C=O) groups is 3. The monoisotopic (exact) mass is 417 g/mol. The summed E-state index contributed by atoms with van der Waals surface area (Å²) in [5, 5.41) is 5.50. The molecule has 3 aromatic carbocycles. The first-order valence-corrected chi connectivity index (χ1v) is 9.64. The Morgan fingerprint density at radius 3 is 2.06 bits per heavy atom. The lowest BCUT2D eigenvalue weighted by atomic mass is 10.2. The van der Waals surface area contributed by atoms with Crippen LogP contribution in [0.1, 0.15) is 20.7 Å². The number of carbonyl (C=O) groups excluding carboxylic acids is 3. The normalized spacial score (nSPS) is 10.1. The largest absolute Gasteiger partial charge is 0.483 e. The van der Waals surface area contributed by atoms with E-state index in [1.54, 1.807) is 74.8 Å². The summed E-state index contributed by atoms with van der Waals surface area (Å²) in [4.78, 5) is 38.3. The number of nitrogens with zero attached hydrogens (tertiary/aromatic N) is 1. The van der Waals surface area contributed by atoms with Crippen molar-refractivity contribution in [1.82, 2.24) is 4.90 Å². The predicted molar refractivity (Wildman–Crippen MR) is 119 cm³/mol. The van der Waals surface area contributed by atoms with Crippen LogP contribution in [0.2, 0.25) is 0 Å². The van der Waals surface area contributed by atoms with Crippen molar-refractivity contribution in [2.45, 2.75) is 0 Å². The minimum atomic E-state index is -0.384. The standard InChI is InChI=1S/C24H23N3O4/c1-27(2)24(30)17-12-14-19(15-13-17)25-22(28)16-31-21-11-7-6-10-20(21)23(29)26-18-8-4-3-5-9-18/h3-15H,16H2,1-2H3,(H,25,28)(H,26,29). The average molecular weight is 417 g/mol. The molecule has 7 nitrogen and oxygen atoms in total. The fourth-order valence-electron chi connectivity index (χ4n) is 2.79. The summed E-state index contributed by atoms with van der Waals surface area (Å²) in [7, 11) is 3.35. The van der Waals surface area contributed by atoms with Crippen LogP contribution in [-0.2, 0) is 4.79 Å². The fourth-order valence-corrected chi connectivity index (χ4v) is 2.79. The number of para-hydroxylation sites is 2. The number of ether oxygens (including phenoxy) is 1. The highest BCUT2D eigenvalue weighted by atomic mass is 16.5. The SMILES string of the molecule is CN(C)C(=O)c1ccc(NC(=O)COc2ccccc2C(=O)Nc2ccccc2)cc1. The molecule has 0 atom stereocenters. The predicted octanol–water partition coefficient (Wildman–Crippen LogP) is 3.66. The third-order valence-electron chi connectivity index (χ3n) is 4.34. The number of nitrogens with one attached hydrogen (secondary N) is 2. The number of anilines is 2. The quantitative estimate of drug-likeness (QED) is 0.614. The van der Waals surface area contributed by atoms with Gasteiger partial charge in [-0.15, -0.1) is 0 Å². The molecule has 31 heavy (non-hydrogen) atoms. The van der Waals surface area contributed by atoms with Gasteiger partial charge in [-0.2, -0.15) is 0 Å². The molecule has 0 aromatic heterocycles. The number of hydrogen-bond acceptors (Lipinski definition) is 4. The molecule has 0 fully saturated rings. The zero-order valence-corrected chi connectivity index (χ0v) is 17.3. The summed E-state index contributed by atoms with van der Waals surface area (Å²) in [6.45, 7) is -0.270. The van der Waals surface area contributed by atoms with E-state index in [0.29, 0.717) is 28.3 Å². The molecular formula is C24H23N3O4. The van der Waals surface area contributed by atoms with Crippen molar-refractivity contribution in [3.8, 4) is 5.75 Å². The highest BCUT2D eigenvalue weighted by Gasteiger charge is 2.14. The molecular weight excluding hydrogens is 394 g/mol. The van der Waals surface area contributed by atoms with Gasteiger partial charge in [-0.25, -0.2) is 0 Å². The van der Waals surface area contributed by atoms with Crippen LogP contribution in [0.3, 0.4) is 0 Å². The molecule has 7 heteroatoms. The summed E-state index contributed by atoms with van der Waals surface area (Å²) in [6.07, 6.45) is 0. The Balaban J connectivity index is 1.59. The molecule has 3 amide bonds. The second kappa shape index (κ2) is 10.1. The van der Waals surface area contributed by atoms with Crippen molar-refractivity contribution in [3.63, 3.8) is 0 Å². The van der Waals surface area contributed by atoms with Gasteiger partial charge in [-0.1, -0.05) is 30.3 Å². The molecule has 0 saturated heterocycles. The van der Waals surface area contributed by atoms with E-state index in [0.717, 1.165) is 0 Å². The highest BCUT2D eigenvalue weighted by molar-refractivity contribution is 6.06. The first kappa shape index (κ1) is 21.6. The van der Waals surface area contributed by atoms with Crippen molar-refractivity contribution in [3.05, 3.63) is 90.0 Å². The molecule has 0 aliphatic carbocycles. The molecule has 0 bridgehead atoms. The molecule has 0 radical (unpaired) electrons. The molecule has 2 N–H and O–H groups in total. The van der Waals surface area contributed by atoms with Gasteiger partial charge in [-0.3, -0.25) is 14.4 Å². The van der Waals surface area contributed by atoms with Crippen LogP contribution in [0.4, 0.5) is 11.4 Å². The van der Waals surface area contributed by atoms with Crippen molar-refractivity contribution in [2.75, 3.05) is 31.3 Å². The van der Waals surface area contributed by atoms with Gasteiger partial charge in [0.05, 0.1) is 5.56 Å². The van der Waals surface area contributed by atoms with Crippen molar-refractivity contribution >= 4 is 29.1 Å². The van der Waals surface area contributed by atoms with E-state index in [9.17, 15) is 14.4 Å². The van der Waals surface area contributed by atoms with Crippen molar-refractivity contribution in [1.29, 1.82) is 0 Å². The van der Waals surface area contributed by atoms with Gasteiger partial charge in [0.2, 0.25) is 0 Å². The van der Waals surface area contributed by atoms with E-state index in [1.165, 1.54) is 4.90 Å². The number of hydrogen-bond donors (Lipinski definition) is 2. The molecule has 0 heterocycles. The van der Waals surface area contributed by atoms with Gasteiger partial charge in [0.25, 0.3) is 17.7 Å². The van der Waals surface area contributed by atoms with Gasteiger partial charge in [0.1, 0.15) is 5.75 Å². The van der Waals surface area contributed by atoms with E-state index in [1.807, 2.05) is 18.2 Å². The Morgan fingerprint density at radius 2 is 1.39 bits per heavy atom. The Hall–Kier alpha value is -4.13. The molecule has 3 aromatic rings. The van der Waals surface area contributed by atoms with Gasteiger partial charge < -0.3 is 20.3 Å². The fraction of sp³-hybridized carbons (Fsp3) is 0.125. The van der Waals surface area contributed by atoms with Crippen LogP contribution in [0.15, 0.2) is 78.9 Å². The summed E-state index contributed by atoms with van der Waals surface area (Å²) in [5.41, 5.74) is 2.05. The number of amides is 3. The third-order valence-corrected chi connectivity index (χ3v) is 4.34. The van der Waals surface area contributed by atoms with Crippen LogP contribution in [0.5, 0.6) is 5.75 Å². The average Bonchev–Trinajstić information content (AvgIpc) is 2.78. The van der Waals surface area contributed by atoms with E-state index >= 15 is 0 Å². The summed E-state index contributed by atoms with van der Waals surface area (Å²) >= 11 is 0. The third kappa shape index (κ3) is 5.93.